The molecule has 5 N–H and O–H groups in total. The summed E-state index contributed by atoms with van der Waals surface area (Å²) in [5, 5.41) is 10.2. The van der Waals surface area contributed by atoms with E-state index in [1.54, 1.807) is 0 Å². The second-order valence-corrected chi connectivity index (χ2v) is 4.95. The maximum Gasteiger partial charge on any atom is 0.231 e. The third kappa shape index (κ3) is 4.98. The van der Waals surface area contributed by atoms with Crippen molar-refractivity contribution in [2.75, 3.05) is 13.1 Å². The van der Waals surface area contributed by atoms with Gasteiger partial charge in [0.1, 0.15) is 0 Å². The van der Waals surface area contributed by atoms with Gasteiger partial charge in [-0.05, 0) is 25.0 Å². The number of aliphatic hydroxyl groups excluding tert-OH is 1. The maximum absolute atomic E-state index is 11.0. The summed E-state index contributed by atoms with van der Waals surface area (Å²) >= 11 is 0. The maximum atomic E-state index is 11.0. The van der Waals surface area contributed by atoms with Gasteiger partial charge < -0.3 is 16.6 Å². The minimum Gasteiger partial charge on any atom is -0.387 e. The number of carbonyl (C=O) groups is 1. The number of hydrogen-bond acceptors (Lipinski definition) is 4. The van der Waals surface area contributed by atoms with Crippen LogP contribution in [0.15, 0.2) is 24.3 Å². The number of hydrogen-bond donors (Lipinski definition) is 3. The monoisotopic (exact) mass is 265 g/mol. The highest BCUT2D eigenvalue weighted by Gasteiger charge is 2.17. The van der Waals surface area contributed by atoms with Crippen LogP contribution < -0.4 is 11.5 Å². The largest absolute Gasteiger partial charge is 0.387 e. The summed E-state index contributed by atoms with van der Waals surface area (Å²) < 4.78 is 0. The molecule has 5 nitrogen and oxygen atoms in total. The molecule has 1 unspecified atom stereocenters. The van der Waals surface area contributed by atoms with Crippen molar-refractivity contribution >= 4 is 5.91 Å². The number of benzene rings is 1. The summed E-state index contributed by atoms with van der Waals surface area (Å²) in [6.07, 6.45) is -0.645. The van der Waals surface area contributed by atoms with E-state index in [9.17, 15) is 9.90 Å². The van der Waals surface area contributed by atoms with Gasteiger partial charge >= 0.3 is 0 Å². The zero-order valence-corrected chi connectivity index (χ0v) is 11.5. The molecular weight excluding hydrogens is 242 g/mol. The highest BCUT2D eigenvalue weighted by atomic mass is 16.3. The first kappa shape index (κ1) is 15.6. The van der Waals surface area contributed by atoms with Crippen molar-refractivity contribution in [1.82, 2.24) is 4.90 Å². The highest BCUT2D eigenvalue weighted by Crippen LogP contribution is 2.16. The van der Waals surface area contributed by atoms with E-state index >= 15 is 0 Å². The fourth-order valence-corrected chi connectivity index (χ4v) is 1.86. The molecule has 0 saturated heterocycles. The van der Waals surface area contributed by atoms with E-state index in [-0.39, 0.29) is 18.5 Å². The Morgan fingerprint density at radius 1 is 1.32 bits per heavy atom. The zero-order chi connectivity index (χ0) is 14.4. The molecule has 0 aliphatic heterocycles. The van der Waals surface area contributed by atoms with Crippen molar-refractivity contribution in [3.63, 3.8) is 0 Å². The van der Waals surface area contributed by atoms with Crippen molar-refractivity contribution in [3.8, 4) is 0 Å². The molecule has 5 heteroatoms. The van der Waals surface area contributed by atoms with Gasteiger partial charge in [0, 0.05) is 19.1 Å². The van der Waals surface area contributed by atoms with Gasteiger partial charge in [0.2, 0.25) is 5.91 Å². The molecule has 1 aromatic carbocycles. The minimum atomic E-state index is -0.645. The molecule has 1 amide bonds. The van der Waals surface area contributed by atoms with Gasteiger partial charge in [0.05, 0.1) is 12.6 Å². The molecule has 1 rings (SSSR count). The van der Waals surface area contributed by atoms with Crippen molar-refractivity contribution < 1.29 is 9.90 Å². The number of primary amides is 1. The van der Waals surface area contributed by atoms with Gasteiger partial charge in [-0.25, -0.2) is 0 Å². The van der Waals surface area contributed by atoms with Gasteiger partial charge in [0.15, 0.2) is 0 Å². The van der Waals surface area contributed by atoms with E-state index in [0.717, 1.165) is 11.1 Å². The Bertz CT molecular complexity index is 404. The second-order valence-electron chi connectivity index (χ2n) is 4.95. The molecule has 1 aromatic rings. The van der Waals surface area contributed by atoms with E-state index in [4.69, 9.17) is 11.5 Å². The van der Waals surface area contributed by atoms with E-state index in [2.05, 4.69) is 0 Å². The Morgan fingerprint density at radius 3 is 2.32 bits per heavy atom. The summed E-state index contributed by atoms with van der Waals surface area (Å²) in [4.78, 5) is 12.9. The Morgan fingerprint density at radius 2 is 1.89 bits per heavy atom. The van der Waals surface area contributed by atoms with Gasteiger partial charge in [-0.15, -0.1) is 0 Å². The molecule has 0 aliphatic carbocycles. The average Bonchev–Trinajstić information content (AvgIpc) is 2.37. The molecule has 0 aliphatic rings. The van der Waals surface area contributed by atoms with Crippen LogP contribution in [-0.2, 0) is 11.3 Å². The first-order valence-corrected chi connectivity index (χ1v) is 6.43. The van der Waals surface area contributed by atoms with Crippen LogP contribution in [-0.4, -0.2) is 35.0 Å². The Kier molecular flexibility index (Phi) is 5.95. The number of aliphatic hydroxyl groups is 1. The fraction of sp³-hybridized carbons (Fsp3) is 0.500. The van der Waals surface area contributed by atoms with E-state index in [0.29, 0.717) is 13.1 Å². The summed E-state index contributed by atoms with van der Waals surface area (Å²) in [6, 6.07) is 7.65. The molecule has 0 spiro atoms. The van der Waals surface area contributed by atoms with Crippen LogP contribution >= 0.6 is 0 Å². The van der Waals surface area contributed by atoms with E-state index < -0.39 is 6.10 Å². The van der Waals surface area contributed by atoms with Crippen LogP contribution in [0.3, 0.4) is 0 Å². The van der Waals surface area contributed by atoms with Gasteiger partial charge in [-0.1, -0.05) is 24.3 Å². The van der Waals surface area contributed by atoms with Crippen LogP contribution in [0.25, 0.3) is 0 Å². The standard InChI is InChI=1S/C14H23N3O2/c1-10(2)17(9-14(16)19)8-13(18)12-5-3-11(7-15)4-6-12/h3-6,10,13,18H,7-9,15H2,1-2H3,(H2,16,19). The van der Waals surface area contributed by atoms with Crippen molar-refractivity contribution in [2.24, 2.45) is 11.5 Å². The number of carbonyl (C=O) groups excluding carboxylic acids is 1. The van der Waals surface area contributed by atoms with Crippen molar-refractivity contribution in [1.29, 1.82) is 0 Å². The quantitative estimate of drug-likeness (QED) is 0.664. The lowest BCUT2D eigenvalue weighted by molar-refractivity contribution is -0.119. The van der Waals surface area contributed by atoms with Crippen LogP contribution in [0, 0.1) is 0 Å². The molecule has 0 radical (unpaired) electrons. The van der Waals surface area contributed by atoms with Crippen LogP contribution in [0.1, 0.15) is 31.1 Å². The molecule has 1 atom stereocenters. The summed E-state index contributed by atoms with van der Waals surface area (Å²) in [7, 11) is 0. The number of rotatable bonds is 7. The highest BCUT2D eigenvalue weighted by molar-refractivity contribution is 5.75. The lowest BCUT2D eigenvalue weighted by Crippen LogP contribution is -2.40. The predicted octanol–water partition coefficient (Wildman–Crippen LogP) is 0.374. The van der Waals surface area contributed by atoms with Crippen LogP contribution in [0.2, 0.25) is 0 Å². The number of nitrogens with zero attached hydrogens (tertiary/aromatic N) is 1. The normalized spacial score (nSPS) is 12.9. The summed E-state index contributed by atoms with van der Waals surface area (Å²) in [5.74, 6) is -0.389. The fourth-order valence-electron chi connectivity index (χ4n) is 1.86. The first-order chi connectivity index (χ1) is 8.93. The Balaban J connectivity index is 2.69. The van der Waals surface area contributed by atoms with Gasteiger partial charge in [0.25, 0.3) is 0 Å². The molecule has 0 fully saturated rings. The second kappa shape index (κ2) is 7.23. The molecule has 0 aromatic heterocycles. The topological polar surface area (TPSA) is 92.6 Å². The van der Waals surface area contributed by atoms with Gasteiger partial charge in [-0.3, -0.25) is 9.69 Å². The molecular formula is C14H23N3O2. The third-order valence-corrected chi connectivity index (χ3v) is 3.10. The van der Waals surface area contributed by atoms with Crippen molar-refractivity contribution in [3.05, 3.63) is 35.4 Å². The number of amides is 1. The first-order valence-electron chi connectivity index (χ1n) is 6.43. The SMILES string of the molecule is CC(C)N(CC(N)=O)CC(O)c1ccc(CN)cc1. The average molecular weight is 265 g/mol. The van der Waals surface area contributed by atoms with Crippen LogP contribution in [0.4, 0.5) is 0 Å². The summed E-state index contributed by atoms with van der Waals surface area (Å²) in [6.45, 7) is 4.94. The zero-order valence-electron chi connectivity index (χ0n) is 11.5. The Hall–Kier alpha value is -1.43. The van der Waals surface area contributed by atoms with Crippen LogP contribution in [0.5, 0.6) is 0 Å². The molecule has 0 saturated carbocycles. The number of nitrogens with two attached hydrogens (primary N) is 2. The molecule has 106 valence electrons. The van der Waals surface area contributed by atoms with E-state index in [1.165, 1.54) is 0 Å². The predicted molar refractivity (Wildman–Crippen MR) is 75.2 cm³/mol. The smallest absolute Gasteiger partial charge is 0.231 e. The molecule has 0 bridgehead atoms. The van der Waals surface area contributed by atoms with Crippen molar-refractivity contribution in [2.45, 2.75) is 32.5 Å². The lowest BCUT2D eigenvalue weighted by Gasteiger charge is -2.27. The molecule has 19 heavy (non-hydrogen) atoms. The molecule has 0 heterocycles. The minimum absolute atomic E-state index is 0.144. The Labute approximate surface area is 114 Å². The van der Waals surface area contributed by atoms with Gasteiger partial charge in [-0.2, -0.15) is 0 Å². The summed E-state index contributed by atoms with van der Waals surface area (Å²) in [5.41, 5.74) is 12.6. The van der Waals surface area contributed by atoms with E-state index in [1.807, 2.05) is 43.0 Å². The third-order valence-electron chi connectivity index (χ3n) is 3.10. The lowest BCUT2D eigenvalue weighted by atomic mass is 10.1.